The number of hydrogen-bond donors (Lipinski definition) is 1. The summed E-state index contributed by atoms with van der Waals surface area (Å²) in [5.41, 5.74) is 2.85. The Balaban J connectivity index is 0.000000176. The van der Waals surface area contributed by atoms with Crippen LogP contribution in [-0.2, 0) is 13.1 Å². The van der Waals surface area contributed by atoms with Gasteiger partial charge in [0.2, 0.25) is 0 Å². The molecule has 0 radical (unpaired) electrons. The van der Waals surface area contributed by atoms with Gasteiger partial charge in [0.25, 0.3) is 0 Å². The lowest BCUT2D eigenvalue weighted by Gasteiger charge is -2.20. The smallest absolute Gasteiger partial charge is 0.0234 e. The van der Waals surface area contributed by atoms with Crippen molar-refractivity contribution >= 4 is 9.39 Å². The van der Waals surface area contributed by atoms with E-state index in [-0.39, 0.29) is 0 Å². The first-order valence-corrected chi connectivity index (χ1v) is 12.4. The maximum absolute atomic E-state index is 3.52. The highest BCUT2D eigenvalue weighted by atomic mass is 31.0. The molecule has 170 valence electrons. The SMILES string of the molecule is C[C@@H]1CCN(Cc2ccccc2)CCN1.C[C@@H]1CCN(Cc2ccccc2)CCN1P. The molecule has 0 aromatic heterocycles. The van der Waals surface area contributed by atoms with E-state index in [0.29, 0.717) is 12.1 Å². The third-order valence-corrected chi connectivity index (χ3v) is 7.17. The Kier molecular flexibility index (Phi) is 10.5. The third-order valence-electron chi connectivity index (χ3n) is 6.40. The molecule has 2 aromatic rings. The summed E-state index contributed by atoms with van der Waals surface area (Å²) in [6.07, 6.45) is 2.52. The lowest BCUT2D eigenvalue weighted by molar-refractivity contribution is 0.280. The summed E-state index contributed by atoms with van der Waals surface area (Å²) in [7, 11) is 2.85. The van der Waals surface area contributed by atoms with Crippen molar-refractivity contribution < 1.29 is 0 Å². The van der Waals surface area contributed by atoms with E-state index in [0.717, 1.165) is 26.2 Å². The number of nitrogens with zero attached hydrogens (tertiary/aromatic N) is 3. The predicted octanol–water partition coefficient (Wildman–Crippen LogP) is 4.24. The topological polar surface area (TPSA) is 21.8 Å². The van der Waals surface area contributed by atoms with Crippen LogP contribution >= 0.6 is 9.39 Å². The highest BCUT2D eigenvalue weighted by molar-refractivity contribution is 7.13. The molecule has 2 saturated heterocycles. The largest absolute Gasteiger partial charge is 0.313 e. The molecular formula is C26H41N4P. The molecule has 1 N–H and O–H groups in total. The van der Waals surface area contributed by atoms with Gasteiger partial charge < -0.3 is 5.32 Å². The first kappa shape index (κ1) is 24.4. The maximum atomic E-state index is 3.52. The van der Waals surface area contributed by atoms with Crippen molar-refractivity contribution in [3.05, 3.63) is 71.8 Å². The Labute approximate surface area is 192 Å². The summed E-state index contributed by atoms with van der Waals surface area (Å²) in [6.45, 7) is 13.8. The van der Waals surface area contributed by atoms with Crippen LogP contribution in [0.15, 0.2) is 60.7 Å². The second-order valence-electron chi connectivity index (χ2n) is 9.04. The average molecular weight is 441 g/mol. The van der Waals surface area contributed by atoms with Crippen LogP contribution in [-0.4, -0.2) is 65.8 Å². The van der Waals surface area contributed by atoms with E-state index < -0.39 is 0 Å². The molecule has 0 saturated carbocycles. The monoisotopic (exact) mass is 440 g/mol. The molecule has 2 heterocycles. The van der Waals surface area contributed by atoms with Crippen LogP contribution in [0.25, 0.3) is 0 Å². The highest BCUT2D eigenvalue weighted by Crippen LogP contribution is 2.16. The van der Waals surface area contributed by atoms with Crippen molar-refractivity contribution in [3.63, 3.8) is 0 Å². The van der Waals surface area contributed by atoms with Crippen LogP contribution < -0.4 is 5.32 Å². The molecule has 2 aliphatic heterocycles. The first-order valence-electron chi connectivity index (χ1n) is 11.9. The minimum Gasteiger partial charge on any atom is -0.313 e. The van der Waals surface area contributed by atoms with Gasteiger partial charge in [-0.3, -0.25) is 14.5 Å². The third kappa shape index (κ3) is 9.00. The molecule has 0 amide bonds. The molecule has 2 aromatic carbocycles. The van der Waals surface area contributed by atoms with Crippen molar-refractivity contribution in [2.75, 3.05) is 39.3 Å². The van der Waals surface area contributed by atoms with E-state index in [1.807, 2.05) is 0 Å². The zero-order valence-electron chi connectivity index (χ0n) is 19.4. The van der Waals surface area contributed by atoms with Gasteiger partial charge in [-0.15, -0.1) is 0 Å². The average Bonchev–Trinajstić information content (AvgIpc) is 3.09. The number of rotatable bonds is 4. The molecule has 2 aliphatic rings. The van der Waals surface area contributed by atoms with E-state index in [1.54, 1.807) is 0 Å². The Bertz CT molecular complexity index is 715. The van der Waals surface area contributed by atoms with Gasteiger partial charge in [-0.1, -0.05) is 70.1 Å². The second-order valence-corrected chi connectivity index (χ2v) is 9.71. The summed E-state index contributed by atoms with van der Waals surface area (Å²) in [6, 6.07) is 22.9. The highest BCUT2D eigenvalue weighted by Gasteiger charge is 2.17. The number of nitrogens with one attached hydrogen (secondary N) is 1. The Morgan fingerprint density at radius 3 is 1.90 bits per heavy atom. The quantitative estimate of drug-likeness (QED) is 0.718. The van der Waals surface area contributed by atoms with Crippen LogP contribution in [0.4, 0.5) is 0 Å². The molecule has 0 spiro atoms. The van der Waals surface area contributed by atoms with Crippen LogP contribution in [0.5, 0.6) is 0 Å². The number of benzene rings is 2. The standard InChI is InChI=1S/C13H21N2P.C13H20N2/c1-12-7-8-14(9-10-15(12)16)11-13-5-3-2-4-6-13;1-12-7-9-15(10-8-14-12)11-13-5-3-2-4-6-13/h2-6,12H,7-11,16H2,1H3;2-6,12,14H,7-11H2,1H3/t2*12-/m11/s1. The Morgan fingerprint density at radius 2 is 1.29 bits per heavy atom. The van der Waals surface area contributed by atoms with Crippen molar-refractivity contribution in [2.24, 2.45) is 0 Å². The Morgan fingerprint density at radius 1 is 0.742 bits per heavy atom. The molecular weight excluding hydrogens is 399 g/mol. The van der Waals surface area contributed by atoms with E-state index in [4.69, 9.17) is 0 Å². The van der Waals surface area contributed by atoms with Gasteiger partial charge in [-0.05, 0) is 37.8 Å². The normalized spacial score (nSPS) is 24.0. The van der Waals surface area contributed by atoms with Crippen LogP contribution in [0.1, 0.15) is 37.8 Å². The van der Waals surface area contributed by atoms with E-state index in [1.165, 1.54) is 50.1 Å². The molecule has 5 heteroatoms. The lowest BCUT2D eigenvalue weighted by Crippen LogP contribution is -2.28. The fraction of sp³-hybridized carbons (Fsp3) is 0.538. The summed E-state index contributed by atoms with van der Waals surface area (Å²) >= 11 is 0. The van der Waals surface area contributed by atoms with Gasteiger partial charge >= 0.3 is 0 Å². The van der Waals surface area contributed by atoms with Crippen LogP contribution in [0, 0.1) is 0 Å². The summed E-state index contributed by atoms with van der Waals surface area (Å²) in [5, 5.41) is 3.52. The molecule has 2 fully saturated rings. The molecule has 4 rings (SSSR count). The molecule has 0 bridgehead atoms. The first-order chi connectivity index (χ1) is 15.1. The van der Waals surface area contributed by atoms with Crippen LogP contribution in [0.3, 0.4) is 0 Å². The van der Waals surface area contributed by atoms with Gasteiger partial charge in [0.05, 0.1) is 0 Å². The predicted molar refractivity (Wildman–Crippen MR) is 136 cm³/mol. The minimum atomic E-state index is 0.672. The van der Waals surface area contributed by atoms with Gasteiger partial charge in [0, 0.05) is 64.4 Å². The molecule has 0 aliphatic carbocycles. The minimum absolute atomic E-state index is 0.672. The number of hydrogen-bond acceptors (Lipinski definition) is 4. The van der Waals surface area contributed by atoms with E-state index in [2.05, 4.69) is 104 Å². The van der Waals surface area contributed by atoms with Crippen molar-refractivity contribution in [2.45, 2.75) is 51.9 Å². The van der Waals surface area contributed by atoms with Gasteiger partial charge in [0.15, 0.2) is 0 Å². The van der Waals surface area contributed by atoms with Gasteiger partial charge in [0.1, 0.15) is 0 Å². The van der Waals surface area contributed by atoms with Crippen LogP contribution in [0.2, 0.25) is 0 Å². The summed E-state index contributed by atoms with van der Waals surface area (Å²) in [5.74, 6) is 0. The van der Waals surface area contributed by atoms with Crippen molar-refractivity contribution in [3.8, 4) is 0 Å². The zero-order chi connectivity index (χ0) is 21.9. The fourth-order valence-corrected chi connectivity index (χ4v) is 4.45. The maximum Gasteiger partial charge on any atom is 0.0234 e. The van der Waals surface area contributed by atoms with Gasteiger partial charge in [-0.25, -0.2) is 0 Å². The summed E-state index contributed by atoms with van der Waals surface area (Å²) < 4.78 is 2.38. The fourth-order valence-electron chi connectivity index (χ4n) is 4.18. The molecule has 4 nitrogen and oxygen atoms in total. The van der Waals surface area contributed by atoms with Gasteiger partial charge in [-0.2, -0.15) is 0 Å². The zero-order valence-corrected chi connectivity index (χ0v) is 20.6. The molecule has 31 heavy (non-hydrogen) atoms. The second kappa shape index (κ2) is 13.3. The Hall–Kier alpha value is -1.29. The van der Waals surface area contributed by atoms with E-state index in [9.17, 15) is 0 Å². The molecule has 1 unspecified atom stereocenters. The molecule has 3 atom stereocenters. The van der Waals surface area contributed by atoms with Crippen molar-refractivity contribution in [1.82, 2.24) is 19.8 Å². The lowest BCUT2D eigenvalue weighted by atomic mass is 10.2. The summed E-state index contributed by atoms with van der Waals surface area (Å²) in [4.78, 5) is 5.09. The van der Waals surface area contributed by atoms with Crippen molar-refractivity contribution in [1.29, 1.82) is 0 Å². The van der Waals surface area contributed by atoms with E-state index >= 15 is 0 Å².